The van der Waals surface area contributed by atoms with E-state index in [-0.39, 0.29) is 0 Å². The molecule has 0 fully saturated rings. The van der Waals surface area contributed by atoms with Crippen LogP contribution >= 0.6 is 24.0 Å². The standard InChI is InChI=1S/C7H6BNS2/c8-7-9-5-2-1-4(10)3-6(5)11-7/h1-3,10H,8H2. The van der Waals surface area contributed by atoms with Crippen LogP contribution in [0.1, 0.15) is 0 Å². The summed E-state index contributed by atoms with van der Waals surface area (Å²) in [5.41, 5.74) is 1.07. The highest BCUT2D eigenvalue weighted by Crippen LogP contribution is 2.18. The number of fused-ring (bicyclic) bond motifs is 1. The highest BCUT2D eigenvalue weighted by atomic mass is 32.1. The van der Waals surface area contributed by atoms with Crippen molar-refractivity contribution in [2.45, 2.75) is 4.90 Å². The summed E-state index contributed by atoms with van der Waals surface area (Å²) in [5, 5.41) is 0. The monoisotopic (exact) mass is 179 g/mol. The van der Waals surface area contributed by atoms with E-state index >= 15 is 0 Å². The highest BCUT2D eigenvalue weighted by Gasteiger charge is 1.98. The third kappa shape index (κ3) is 1.28. The predicted molar refractivity (Wildman–Crippen MR) is 55.1 cm³/mol. The fraction of sp³-hybridized carbons (Fsp3) is 0. The van der Waals surface area contributed by atoms with Crippen molar-refractivity contribution in [3.05, 3.63) is 18.2 Å². The maximum absolute atomic E-state index is 4.34. The van der Waals surface area contributed by atoms with E-state index in [9.17, 15) is 0 Å². The predicted octanol–water partition coefficient (Wildman–Crippen LogP) is 0.843. The van der Waals surface area contributed by atoms with Crippen LogP contribution < -0.4 is 4.91 Å². The smallest absolute Gasteiger partial charge is 0.177 e. The molecular weight excluding hydrogens is 173 g/mol. The highest BCUT2D eigenvalue weighted by molar-refractivity contribution is 7.80. The molecule has 1 nitrogen and oxygen atoms in total. The number of nitrogens with zero attached hydrogens (tertiary/aromatic N) is 1. The Balaban J connectivity index is 2.82. The van der Waals surface area contributed by atoms with Crippen LogP contribution in [0.25, 0.3) is 10.2 Å². The maximum Gasteiger partial charge on any atom is 0.177 e. The van der Waals surface area contributed by atoms with E-state index in [0.717, 1.165) is 15.3 Å². The van der Waals surface area contributed by atoms with Crippen molar-refractivity contribution < 1.29 is 0 Å². The van der Waals surface area contributed by atoms with Gasteiger partial charge in [-0.15, -0.1) is 24.0 Å². The largest absolute Gasteiger partial charge is 0.252 e. The molecule has 0 aliphatic rings. The summed E-state index contributed by atoms with van der Waals surface area (Å²) in [5.74, 6) is 0. The molecule has 0 radical (unpaired) electrons. The van der Waals surface area contributed by atoms with Gasteiger partial charge in [0.2, 0.25) is 0 Å². The number of benzene rings is 1. The topological polar surface area (TPSA) is 12.9 Å². The van der Waals surface area contributed by atoms with Gasteiger partial charge in [-0.3, -0.25) is 4.98 Å². The molecule has 4 heteroatoms. The molecular formula is C7H6BNS2. The Labute approximate surface area is 75.3 Å². The molecule has 0 aliphatic heterocycles. The minimum absolute atomic E-state index is 1.00. The molecule has 1 aromatic carbocycles. The first-order chi connectivity index (χ1) is 5.25. The van der Waals surface area contributed by atoms with Crippen LogP contribution in [-0.2, 0) is 0 Å². The van der Waals surface area contributed by atoms with Crippen LogP contribution in [0.15, 0.2) is 23.1 Å². The number of hydrogen-bond acceptors (Lipinski definition) is 3. The molecule has 0 spiro atoms. The van der Waals surface area contributed by atoms with Gasteiger partial charge in [0, 0.05) is 9.80 Å². The Morgan fingerprint density at radius 3 is 3.09 bits per heavy atom. The van der Waals surface area contributed by atoms with Gasteiger partial charge >= 0.3 is 0 Å². The quantitative estimate of drug-likeness (QED) is 0.467. The number of rotatable bonds is 0. The van der Waals surface area contributed by atoms with Crippen molar-refractivity contribution >= 4 is 46.9 Å². The Hall–Kier alpha value is -0.475. The summed E-state index contributed by atoms with van der Waals surface area (Å²) >= 11 is 5.95. The molecule has 2 rings (SSSR count). The first-order valence-corrected chi connectivity index (χ1v) is 4.58. The summed E-state index contributed by atoms with van der Waals surface area (Å²) in [7, 11) is 2.02. The van der Waals surface area contributed by atoms with E-state index in [0.29, 0.717) is 0 Å². The first kappa shape index (κ1) is 7.19. The van der Waals surface area contributed by atoms with E-state index in [4.69, 9.17) is 0 Å². The van der Waals surface area contributed by atoms with E-state index < -0.39 is 0 Å². The van der Waals surface area contributed by atoms with Crippen LogP contribution in [-0.4, -0.2) is 12.8 Å². The van der Waals surface area contributed by atoms with E-state index in [1.165, 1.54) is 4.70 Å². The van der Waals surface area contributed by atoms with Gasteiger partial charge in [0.1, 0.15) is 0 Å². The molecule has 0 saturated carbocycles. The Kier molecular flexibility index (Phi) is 1.66. The third-order valence-corrected chi connectivity index (χ3v) is 2.69. The summed E-state index contributed by atoms with van der Waals surface area (Å²) in [4.78, 5) is 6.45. The van der Waals surface area contributed by atoms with Crippen LogP contribution in [0.3, 0.4) is 0 Å². The second kappa shape index (κ2) is 2.53. The molecule has 54 valence electrons. The van der Waals surface area contributed by atoms with E-state index in [2.05, 4.69) is 17.6 Å². The number of thiazole rings is 1. The van der Waals surface area contributed by atoms with Crippen molar-refractivity contribution in [3.8, 4) is 0 Å². The zero-order valence-corrected chi connectivity index (χ0v) is 7.75. The van der Waals surface area contributed by atoms with E-state index in [1.807, 2.05) is 26.0 Å². The van der Waals surface area contributed by atoms with Gasteiger partial charge in [0.05, 0.1) is 10.2 Å². The average Bonchev–Trinajstić information content (AvgIpc) is 2.27. The zero-order chi connectivity index (χ0) is 7.84. The van der Waals surface area contributed by atoms with Crippen LogP contribution in [0.4, 0.5) is 0 Å². The molecule has 1 aromatic heterocycles. The molecule has 0 aliphatic carbocycles. The SMILES string of the molecule is Bc1nc2ccc(S)cc2s1. The van der Waals surface area contributed by atoms with Gasteiger partial charge in [0.25, 0.3) is 0 Å². The zero-order valence-electron chi connectivity index (χ0n) is 6.03. The normalized spacial score (nSPS) is 10.6. The summed E-state index contributed by atoms with van der Waals surface area (Å²) < 4.78 is 1.22. The Morgan fingerprint density at radius 1 is 1.45 bits per heavy atom. The summed E-state index contributed by atoms with van der Waals surface area (Å²) in [6.07, 6.45) is 0. The lowest BCUT2D eigenvalue weighted by Gasteiger charge is -1.87. The van der Waals surface area contributed by atoms with Gasteiger partial charge in [-0.1, -0.05) is 0 Å². The van der Waals surface area contributed by atoms with Gasteiger partial charge in [-0.2, -0.15) is 0 Å². The molecule has 0 amide bonds. The minimum Gasteiger partial charge on any atom is -0.252 e. The average molecular weight is 179 g/mol. The Bertz CT molecular complexity index is 396. The molecule has 0 saturated heterocycles. The fourth-order valence-corrected chi connectivity index (χ4v) is 2.19. The van der Waals surface area contributed by atoms with Crippen LogP contribution in [0.2, 0.25) is 0 Å². The number of thiol groups is 1. The first-order valence-electron chi connectivity index (χ1n) is 3.32. The molecule has 2 aromatic rings. The van der Waals surface area contributed by atoms with Crippen molar-refractivity contribution in [3.63, 3.8) is 0 Å². The fourth-order valence-electron chi connectivity index (χ4n) is 1.03. The van der Waals surface area contributed by atoms with Crippen LogP contribution in [0, 0.1) is 0 Å². The second-order valence-electron chi connectivity index (χ2n) is 2.38. The van der Waals surface area contributed by atoms with Crippen molar-refractivity contribution in [1.82, 2.24) is 4.98 Å². The van der Waals surface area contributed by atoms with Crippen molar-refractivity contribution in [1.29, 1.82) is 0 Å². The Morgan fingerprint density at radius 2 is 2.27 bits per heavy atom. The van der Waals surface area contributed by atoms with E-state index in [1.54, 1.807) is 11.3 Å². The van der Waals surface area contributed by atoms with Crippen molar-refractivity contribution in [2.24, 2.45) is 0 Å². The molecule has 1 heterocycles. The number of aromatic nitrogens is 1. The lowest BCUT2D eigenvalue weighted by molar-refractivity contribution is 1.49. The molecule has 0 bridgehead atoms. The van der Waals surface area contributed by atoms with Gasteiger partial charge in [-0.25, -0.2) is 0 Å². The van der Waals surface area contributed by atoms with Gasteiger partial charge < -0.3 is 0 Å². The van der Waals surface area contributed by atoms with Gasteiger partial charge in [-0.05, 0) is 18.2 Å². The number of hydrogen-bond donors (Lipinski definition) is 1. The van der Waals surface area contributed by atoms with Crippen LogP contribution in [0.5, 0.6) is 0 Å². The van der Waals surface area contributed by atoms with Crippen molar-refractivity contribution in [2.75, 3.05) is 0 Å². The lowest BCUT2D eigenvalue weighted by Crippen LogP contribution is -1.96. The summed E-state index contributed by atoms with van der Waals surface area (Å²) in [6, 6.07) is 6.01. The molecule has 0 N–H and O–H groups in total. The molecule has 11 heavy (non-hydrogen) atoms. The van der Waals surface area contributed by atoms with Gasteiger partial charge in [0.15, 0.2) is 7.85 Å². The minimum atomic E-state index is 1.00. The second-order valence-corrected chi connectivity index (χ2v) is 4.14. The lowest BCUT2D eigenvalue weighted by atomic mass is 10.2. The third-order valence-electron chi connectivity index (χ3n) is 1.48. The maximum atomic E-state index is 4.34. The molecule has 0 unspecified atom stereocenters. The molecule has 0 atom stereocenters. The summed E-state index contributed by atoms with van der Waals surface area (Å²) in [6.45, 7) is 0.